The van der Waals surface area contributed by atoms with E-state index in [4.69, 9.17) is 38.1 Å². The van der Waals surface area contributed by atoms with Crippen LogP contribution in [0, 0.1) is 0 Å². The van der Waals surface area contributed by atoms with Crippen LogP contribution in [0.25, 0.3) is 27.6 Å². The molecule has 0 spiro atoms. The number of aromatic nitrogens is 2. The number of methoxy groups -OCH3 is 1. The topological polar surface area (TPSA) is 93.5 Å². The number of carboxylic acids is 1. The van der Waals surface area contributed by atoms with Gasteiger partial charge >= 0.3 is 5.97 Å². The second kappa shape index (κ2) is 16.5. The van der Waals surface area contributed by atoms with E-state index in [9.17, 15) is 9.59 Å². The van der Waals surface area contributed by atoms with Gasteiger partial charge in [0, 0.05) is 34.2 Å². The zero-order valence-corrected chi connectivity index (χ0v) is 26.8. The predicted octanol–water partition coefficient (Wildman–Crippen LogP) is 8.48. The number of rotatable bonds is 12. The van der Waals surface area contributed by atoms with E-state index < -0.39 is 5.97 Å². The van der Waals surface area contributed by atoms with Crippen LogP contribution in [0.1, 0.15) is 54.8 Å². The highest BCUT2D eigenvalue weighted by atomic mass is 35.5. The second-order valence-corrected chi connectivity index (χ2v) is 10.3. The molecule has 9 heteroatoms. The van der Waals surface area contributed by atoms with Gasteiger partial charge < -0.3 is 15.2 Å². The van der Waals surface area contributed by atoms with Crippen molar-refractivity contribution in [2.24, 2.45) is 0 Å². The molecule has 0 saturated heterocycles. The van der Waals surface area contributed by atoms with Gasteiger partial charge in [-0.15, -0.1) is 11.6 Å². The smallest absolute Gasteiger partial charge is 0.305 e. The maximum atomic E-state index is 12.4. The summed E-state index contributed by atoms with van der Waals surface area (Å²) in [5.74, 6) is -0.219. The van der Waals surface area contributed by atoms with Crippen LogP contribution in [0.3, 0.4) is 0 Å². The number of nitrogens with one attached hydrogen (secondary N) is 1. The number of alkyl halides is 1. The van der Waals surface area contributed by atoms with E-state index in [2.05, 4.69) is 24.0 Å². The van der Waals surface area contributed by atoms with Crippen molar-refractivity contribution in [3.05, 3.63) is 113 Å². The molecule has 2 N–H and O–H groups in total. The Kier molecular flexibility index (Phi) is 12.8. The molecule has 0 fully saturated rings. The van der Waals surface area contributed by atoms with Crippen molar-refractivity contribution in [2.75, 3.05) is 19.5 Å². The Morgan fingerprint density at radius 2 is 1.75 bits per heavy atom. The summed E-state index contributed by atoms with van der Waals surface area (Å²) in [5, 5.41) is 19.0. The SMILES string of the molecule is C=C/C(=C\C(Cl)=C/CCl)c1cc(-c2ccc3cc(OC)ccc3c2)n(C(C)c2ccc(C(=O)NCCC(=O)O)cc2)n1.CC. The average Bonchev–Trinajstić information content (AvgIpc) is 3.49. The summed E-state index contributed by atoms with van der Waals surface area (Å²) in [7, 11) is 1.65. The molecular weight excluding hydrogens is 597 g/mol. The van der Waals surface area contributed by atoms with Gasteiger partial charge in [-0.2, -0.15) is 5.10 Å². The van der Waals surface area contributed by atoms with Crippen molar-refractivity contribution >= 4 is 51.4 Å². The van der Waals surface area contributed by atoms with Crippen molar-refractivity contribution in [3.8, 4) is 17.0 Å². The number of carboxylic acid groups (broad SMARTS) is 1. The van der Waals surface area contributed by atoms with E-state index in [0.29, 0.717) is 16.3 Å². The van der Waals surface area contributed by atoms with Crippen LogP contribution in [-0.2, 0) is 4.79 Å². The van der Waals surface area contributed by atoms with Crippen molar-refractivity contribution in [1.82, 2.24) is 15.1 Å². The van der Waals surface area contributed by atoms with Gasteiger partial charge in [0.1, 0.15) is 5.75 Å². The molecule has 230 valence electrons. The summed E-state index contributed by atoms with van der Waals surface area (Å²) in [4.78, 5) is 23.2. The molecule has 1 unspecified atom stereocenters. The quantitative estimate of drug-likeness (QED) is 0.120. The van der Waals surface area contributed by atoms with Crippen molar-refractivity contribution < 1.29 is 19.4 Å². The second-order valence-electron chi connectivity index (χ2n) is 9.53. The minimum Gasteiger partial charge on any atom is -0.497 e. The van der Waals surface area contributed by atoms with Crippen LogP contribution >= 0.6 is 23.2 Å². The van der Waals surface area contributed by atoms with Crippen LogP contribution in [0.2, 0.25) is 0 Å². The number of aliphatic carboxylic acids is 1. The van der Waals surface area contributed by atoms with Gasteiger partial charge in [-0.25, -0.2) is 0 Å². The summed E-state index contributed by atoms with van der Waals surface area (Å²) < 4.78 is 7.32. The maximum Gasteiger partial charge on any atom is 0.305 e. The molecule has 4 rings (SSSR count). The Hall–Kier alpha value is -4.33. The van der Waals surface area contributed by atoms with Gasteiger partial charge in [0.05, 0.1) is 31.0 Å². The molecule has 0 radical (unpaired) electrons. The highest BCUT2D eigenvalue weighted by Crippen LogP contribution is 2.33. The molecule has 1 aromatic heterocycles. The molecule has 0 aliphatic carbocycles. The average molecular weight is 635 g/mol. The summed E-state index contributed by atoms with van der Waals surface area (Å²) in [6.45, 7) is 10.1. The van der Waals surface area contributed by atoms with Gasteiger partial charge in [0.25, 0.3) is 5.91 Å². The van der Waals surface area contributed by atoms with Gasteiger partial charge in [0.2, 0.25) is 0 Å². The highest BCUT2D eigenvalue weighted by molar-refractivity contribution is 6.32. The monoisotopic (exact) mass is 633 g/mol. The van der Waals surface area contributed by atoms with Gasteiger partial charge in [-0.1, -0.05) is 74.5 Å². The number of halogens is 2. The minimum absolute atomic E-state index is 0.0630. The third-order valence-electron chi connectivity index (χ3n) is 6.81. The van der Waals surface area contributed by atoms with Crippen LogP contribution < -0.4 is 10.1 Å². The Balaban J connectivity index is 0.00000259. The normalized spacial score (nSPS) is 12.2. The summed E-state index contributed by atoms with van der Waals surface area (Å²) in [6, 6.07) is 21.2. The molecule has 1 amide bonds. The lowest BCUT2D eigenvalue weighted by atomic mass is 10.0. The van der Waals surface area contributed by atoms with E-state index in [1.54, 1.807) is 37.5 Å². The standard InChI is InChI=1S/C33H31Cl2N3O4.C2H6/c1-4-22(18-28(35)13-15-34)30-20-31(27-10-9-26-19-29(42-3)12-11-25(26)17-27)38(37-30)21(2)23-5-7-24(8-6-23)33(41)36-16-14-32(39)40;1-2/h4-13,17-21H,1,14-16H2,2-3H3,(H,36,41)(H,39,40);1-2H3/b22-18+,28-13+;. The van der Waals surface area contributed by atoms with Crippen LogP contribution in [0.5, 0.6) is 5.75 Å². The van der Waals surface area contributed by atoms with Gasteiger partial charge in [-0.3, -0.25) is 14.3 Å². The molecule has 44 heavy (non-hydrogen) atoms. The number of carbonyl (C=O) groups is 2. The van der Waals surface area contributed by atoms with E-state index in [1.807, 2.05) is 67.9 Å². The Morgan fingerprint density at radius 1 is 1.07 bits per heavy atom. The number of benzene rings is 3. The van der Waals surface area contributed by atoms with E-state index >= 15 is 0 Å². The predicted molar refractivity (Wildman–Crippen MR) is 181 cm³/mol. The fourth-order valence-electron chi connectivity index (χ4n) is 4.51. The highest BCUT2D eigenvalue weighted by Gasteiger charge is 2.19. The number of fused-ring (bicyclic) bond motifs is 1. The third-order valence-corrected chi connectivity index (χ3v) is 7.22. The lowest BCUT2D eigenvalue weighted by Gasteiger charge is -2.17. The number of nitrogens with zero attached hydrogens (tertiary/aromatic N) is 2. The molecule has 1 atom stereocenters. The summed E-state index contributed by atoms with van der Waals surface area (Å²) >= 11 is 12.2. The van der Waals surface area contributed by atoms with Crippen LogP contribution in [0.15, 0.2) is 96.6 Å². The number of hydrogen-bond acceptors (Lipinski definition) is 4. The number of carbonyl (C=O) groups excluding carboxylic acids is 1. The zero-order chi connectivity index (χ0) is 32.2. The molecule has 0 saturated carbocycles. The first-order valence-electron chi connectivity index (χ1n) is 14.3. The molecule has 1 heterocycles. The lowest BCUT2D eigenvalue weighted by molar-refractivity contribution is -0.136. The Bertz CT molecular complexity index is 1670. The molecule has 0 aliphatic rings. The Morgan fingerprint density at radius 3 is 2.39 bits per heavy atom. The number of allylic oxidation sites excluding steroid dienone is 5. The molecule has 0 aliphatic heterocycles. The van der Waals surface area contributed by atoms with Gasteiger partial charge in [-0.05, 0) is 65.7 Å². The maximum absolute atomic E-state index is 12.4. The first-order chi connectivity index (χ1) is 21.2. The molecule has 0 bridgehead atoms. The van der Waals surface area contributed by atoms with E-state index in [1.165, 1.54) is 0 Å². The van der Waals surface area contributed by atoms with Crippen molar-refractivity contribution in [2.45, 2.75) is 33.2 Å². The first kappa shape index (κ1) is 34.2. The fourth-order valence-corrected chi connectivity index (χ4v) is 4.95. The van der Waals surface area contributed by atoms with E-state index in [0.717, 1.165) is 38.9 Å². The van der Waals surface area contributed by atoms with Crippen LogP contribution in [0.4, 0.5) is 0 Å². The lowest BCUT2D eigenvalue weighted by Crippen LogP contribution is -2.26. The van der Waals surface area contributed by atoms with Crippen molar-refractivity contribution in [1.29, 1.82) is 0 Å². The summed E-state index contributed by atoms with van der Waals surface area (Å²) in [6.07, 6.45) is 5.05. The zero-order valence-electron chi connectivity index (χ0n) is 25.3. The number of hydrogen-bond donors (Lipinski definition) is 2. The van der Waals surface area contributed by atoms with Gasteiger partial charge in [0.15, 0.2) is 0 Å². The number of amides is 1. The molecule has 3 aromatic carbocycles. The molecule has 4 aromatic rings. The largest absolute Gasteiger partial charge is 0.497 e. The molecular formula is C35H37Cl2N3O4. The van der Waals surface area contributed by atoms with Crippen LogP contribution in [-0.4, -0.2) is 46.3 Å². The Labute approximate surface area is 268 Å². The van der Waals surface area contributed by atoms with E-state index in [-0.39, 0.29) is 30.8 Å². The molecule has 7 nitrogen and oxygen atoms in total. The third kappa shape index (κ3) is 8.62. The van der Waals surface area contributed by atoms with Crippen molar-refractivity contribution in [3.63, 3.8) is 0 Å². The number of ether oxygens (including phenoxy) is 1. The summed E-state index contributed by atoms with van der Waals surface area (Å²) in [5.41, 5.74) is 4.67. The first-order valence-corrected chi connectivity index (χ1v) is 15.2. The minimum atomic E-state index is -0.966. The fraction of sp³-hybridized carbons (Fsp3) is 0.229.